The second-order valence-electron chi connectivity index (χ2n) is 11.8. The molecule has 3 atom stereocenters. The molecule has 0 spiro atoms. The Bertz CT molecular complexity index is 1050. The van der Waals surface area contributed by atoms with Crippen LogP contribution in [0.1, 0.15) is 108 Å². The summed E-state index contributed by atoms with van der Waals surface area (Å²) in [5, 5.41) is 19.7. The van der Waals surface area contributed by atoms with E-state index in [9.17, 15) is 32.2 Å². The maximum absolute atomic E-state index is 13.0. The quantitative estimate of drug-likeness (QED) is 0.165. The van der Waals surface area contributed by atoms with Crippen LogP contribution >= 0.6 is 0 Å². The predicted molar refractivity (Wildman–Crippen MR) is 147 cm³/mol. The Morgan fingerprint density at radius 1 is 0.825 bits per heavy atom. The number of alkyl halides is 5. The van der Waals surface area contributed by atoms with Gasteiger partial charge < -0.3 is 14.9 Å². The van der Waals surface area contributed by atoms with Crippen LogP contribution in [0.3, 0.4) is 0 Å². The molecule has 1 heterocycles. The Hall–Kier alpha value is -2.51. The van der Waals surface area contributed by atoms with Crippen LogP contribution < -0.4 is 4.74 Å². The molecule has 1 aliphatic heterocycles. The number of hydrogen-bond acceptors (Lipinski definition) is 3. The van der Waals surface area contributed by atoms with E-state index in [1.54, 1.807) is 24.3 Å². The average molecular weight is 571 g/mol. The summed E-state index contributed by atoms with van der Waals surface area (Å²) < 4.78 is 68.9. The number of phenols is 2. The largest absolute Gasteiger partial charge is 0.508 e. The van der Waals surface area contributed by atoms with E-state index in [0.717, 1.165) is 74.7 Å². The van der Waals surface area contributed by atoms with Crippen molar-refractivity contribution in [3.63, 3.8) is 0 Å². The summed E-state index contributed by atoms with van der Waals surface area (Å²) in [6.45, 7) is 4.61. The number of ether oxygens (including phenoxy) is 1. The van der Waals surface area contributed by atoms with E-state index in [1.807, 2.05) is 25.1 Å². The SMILES string of the molecule is CC(CCCCCCCCC[C@@H]1c2ccc(O)cc2OC[C@]1(C)c1ccc(O)cc1)CCCC(F)(F)C(F)(F)F. The molecule has 0 amide bonds. The maximum atomic E-state index is 13.0. The second-order valence-corrected chi connectivity index (χ2v) is 11.8. The van der Waals surface area contributed by atoms with Crippen LogP contribution in [0, 0.1) is 5.92 Å². The van der Waals surface area contributed by atoms with Crippen LogP contribution in [0.2, 0.25) is 0 Å². The van der Waals surface area contributed by atoms with Crippen LogP contribution in [0.25, 0.3) is 0 Å². The molecular formula is C32H43F5O3. The number of hydrogen-bond donors (Lipinski definition) is 2. The monoisotopic (exact) mass is 570 g/mol. The van der Waals surface area contributed by atoms with Gasteiger partial charge in [0.05, 0.1) is 6.61 Å². The first-order valence-electron chi connectivity index (χ1n) is 14.5. The summed E-state index contributed by atoms with van der Waals surface area (Å²) in [5.74, 6) is -3.10. The summed E-state index contributed by atoms with van der Waals surface area (Å²) in [5.41, 5.74) is 1.94. The molecule has 0 aliphatic carbocycles. The van der Waals surface area contributed by atoms with Crippen LogP contribution in [0.4, 0.5) is 22.0 Å². The minimum atomic E-state index is -5.46. The standard InChI is InChI=1S/C32H43F5O3/c1-23(12-10-20-31(33,34)32(35,36)37)11-8-6-4-3-5-7-9-13-28-27-19-18-26(39)21-29(27)40-22-30(28,2)24-14-16-25(38)17-15-24/h14-19,21,23,28,38-39H,3-13,20,22H2,1-2H3/t23?,28-,30-/m1/s1. The van der Waals surface area contributed by atoms with Crippen LogP contribution in [-0.4, -0.2) is 28.9 Å². The fourth-order valence-electron chi connectivity index (χ4n) is 5.89. The van der Waals surface area contributed by atoms with Crippen molar-refractivity contribution in [2.24, 2.45) is 5.92 Å². The van der Waals surface area contributed by atoms with E-state index in [4.69, 9.17) is 4.74 Å². The van der Waals surface area contributed by atoms with Crippen molar-refractivity contribution in [1.29, 1.82) is 0 Å². The maximum Gasteiger partial charge on any atom is 0.453 e. The molecule has 3 rings (SSSR count). The molecule has 0 aromatic heterocycles. The van der Waals surface area contributed by atoms with Gasteiger partial charge in [-0.3, -0.25) is 0 Å². The minimum Gasteiger partial charge on any atom is -0.508 e. The van der Waals surface area contributed by atoms with E-state index in [-0.39, 0.29) is 35.2 Å². The summed E-state index contributed by atoms with van der Waals surface area (Å²) in [7, 11) is 0. The second kappa shape index (κ2) is 13.9. The Balaban J connectivity index is 1.38. The fourth-order valence-corrected chi connectivity index (χ4v) is 5.89. The van der Waals surface area contributed by atoms with E-state index in [2.05, 4.69) is 6.92 Å². The van der Waals surface area contributed by atoms with Gasteiger partial charge in [0.25, 0.3) is 0 Å². The number of fused-ring (bicyclic) bond motifs is 1. The third-order valence-corrected chi connectivity index (χ3v) is 8.49. The van der Waals surface area contributed by atoms with Crippen LogP contribution in [0.15, 0.2) is 42.5 Å². The van der Waals surface area contributed by atoms with Crippen molar-refractivity contribution >= 4 is 0 Å². The molecule has 0 saturated carbocycles. The third kappa shape index (κ3) is 8.50. The van der Waals surface area contributed by atoms with Gasteiger partial charge in [-0.15, -0.1) is 0 Å². The number of benzene rings is 2. The third-order valence-electron chi connectivity index (χ3n) is 8.49. The number of aromatic hydroxyl groups is 2. The molecule has 2 aromatic rings. The molecule has 0 saturated heterocycles. The highest BCUT2D eigenvalue weighted by Crippen LogP contribution is 2.50. The number of halogens is 5. The average Bonchev–Trinajstić information content (AvgIpc) is 2.88. The lowest BCUT2D eigenvalue weighted by Crippen LogP contribution is -2.40. The van der Waals surface area contributed by atoms with E-state index >= 15 is 0 Å². The molecule has 3 nitrogen and oxygen atoms in total. The van der Waals surface area contributed by atoms with Gasteiger partial charge >= 0.3 is 12.1 Å². The van der Waals surface area contributed by atoms with Crippen molar-refractivity contribution in [3.8, 4) is 17.2 Å². The first-order valence-corrected chi connectivity index (χ1v) is 14.5. The van der Waals surface area contributed by atoms with Crippen molar-refractivity contribution in [1.82, 2.24) is 0 Å². The van der Waals surface area contributed by atoms with Gasteiger partial charge in [0.15, 0.2) is 0 Å². The lowest BCUT2D eigenvalue weighted by atomic mass is 9.66. The smallest absolute Gasteiger partial charge is 0.453 e. The molecular weight excluding hydrogens is 527 g/mol. The predicted octanol–water partition coefficient (Wildman–Crippen LogP) is 10.0. The molecule has 0 radical (unpaired) electrons. The van der Waals surface area contributed by atoms with Crippen molar-refractivity contribution < 1.29 is 36.9 Å². The van der Waals surface area contributed by atoms with Crippen molar-refractivity contribution in [2.45, 2.75) is 114 Å². The van der Waals surface area contributed by atoms with Crippen molar-refractivity contribution in [3.05, 3.63) is 53.6 Å². The van der Waals surface area contributed by atoms with Gasteiger partial charge in [-0.25, -0.2) is 0 Å². The Morgan fingerprint density at radius 3 is 2.05 bits per heavy atom. The Morgan fingerprint density at radius 2 is 1.40 bits per heavy atom. The van der Waals surface area contributed by atoms with Crippen molar-refractivity contribution in [2.75, 3.05) is 6.61 Å². The molecule has 1 aliphatic rings. The number of unbranched alkanes of at least 4 members (excludes halogenated alkanes) is 6. The first-order chi connectivity index (χ1) is 18.8. The zero-order valence-electron chi connectivity index (χ0n) is 23.6. The lowest BCUT2D eigenvalue weighted by molar-refractivity contribution is -0.284. The summed E-state index contributed by atoms with van der Waals surface area (Å²) >= 11 is 0. The topological polar surface area (TPSA) is 49.7 Å². The summed E-state index contributed by atoms with van der Waals surface area (Å²) in [4.78, 5) is 0. The lowest BCUT2D eigenvalue weighted by Gasteiger charge is -2.43. The molecule has 0 bridgehead atoms. The highest BCUT2D eigenvalue weighted by atomic mass is 19.4. The molecule has 40 heavy (non-hydrogen) atoms. The number of rotatable bonds is 15. The fraction of sp³-hybridized carbons (Fsp3) is 0.625. The molecule has 224 valence electrons. The van der Waals surface area contributed by atoms with Gasteiger partial charge in [-0.05, 0) is 48.1 Å². The van der Waals surface area contributed by atoms with Gasteiger partial charge in [-0.1, -0.05) is 89.8 Å². The Kier molecular flexibility index (Phi) is 11.1. The van der Waals surface area contributed by atoms with E-state index in [1.165, 1.54) is 0 Å². The highest BCUT2D eigenvalue weighted by molar-refractivity contribution is 5.48. The molecule has 1 unspecified atom stereocenters. The Labute approximate surface area is 234 Å². The molecule has 2 aromatic carbocycles. The summed E-state index contributed by atoms with van der Waals surface area (Å²) in [6.07, 6.45) is 2.99. The van der Waals surface area contributed by atoms with Crippen LogP contribution in [0.5, 0.6) is 17.2 Å². The van der Waals surface area contributed by atoms with Crippen LogP contribution in [-0.2, 0) is 5.41 Å². The molecule has 2 N–H and O–H groups in total. The molecule has 8 heteroatoms. The zero-order chi connectivity index (χ0) is 29.4. The van der Waals surface area contributed by atoms with E-state index < -0.39 is 18.5 Å². The zero-order valence-corrected chi connectivity index (χ0v) is 23.6. The molecule has 0 fully saturated rings. The van der Waals surface area contributed by atoms with Gasteiger partial charge in [0.2, 0.25) is 0 Å². The van der Waals surface area contributed by atoms with E-state index in [0.29, 0.717) is 13.0 Å². The normalized spacial score (nSPS) is 20.1. The first kappa shape index (κ1) is 32.0. The van der Waals surface area contributed by atoms with Gasteiger partial charge in [-0.2, -0.15) is 22.0 Å². The number of phenolic OH excluding ortho intramolecular Hbond substituents is 2. The van der Waals surface area contributed by atoms with Gasteiger partial charge in [0, 0.05) is 23.8 Å². The highest BCUT2D eigenvalue weighted by Gasteiger charge is 2.56. The minimum absolute atomic E-state index is 0.113. The summed E-state index contributed by atoms with van der Waals surface area (Å²) in [6, 6.07) is 12.7. The van der Waals surface area contributed by atoms with Gasteiger partial charge in [0.1, 0.15) is 17.2 Å².